The van der Waals surface area contributed by atoms with Crippen molar-refractivity contribution >= 4 is 29.7 Å². The lowest BCUT2D eigenvalue weighted by atomic mass is 10.1. The lowest BCUT2D eigenvalue weighted by Crippen LogP contribution is -2.22. The number of hydrogen-bond acceptors (Lipinski definition) is 3. The summed E-state index contributed by atoms with van der Waals surface area (Å²) >= 11 is 6.04. The molecule has 1 aliphatic heterocycles. The zero-order chi connectivity index (χ0) is 17.9. The number of nitrogens with one attached hydrogen (secondary N) is 1. The molecule has 142 valence electrons. The molecule has 0 fully saturated rings. The Balaban J connectivity index is 0.00000210. The quantitative estimate of drug-likeness (QED) is 0.650. The third-order valence-corrected chi connectivity index (χ3v) is 5.06. The molecule has 27 heavy (non-hydrogen) atoms. The molecule has 0 unspecified atom stereocenters. The summed E-state index contributed by atoms with van der Waals surface area (Å²) in [6.45, 7) is 3.66. The van der Waals surface area contributed by atoms with Gasteiger partial charge in [0.15, 0.2) is 0 Å². The predicted octanol–water partition coefficient (Wildman–Crippen LogP) is 4.67. The molecular formula is C21H24Cl2N4. The van der Waals surface area contributed by atoms with E-state index in [-0.39, 0.29) is 12.4 Å². The van der Waals surface area contributed by atoms with E-state index in [9.17, 15) is 0 Å². The SMILES string of the molecule is Cl.Cn1cc(CN(Cc2ccc(Cl)cc2)Cc2cccc3c2NCC3)cn1. The summed E-state index contributed by atoms with van der Waals surface area (Å²) < 4.78 is 1.86. The first-order valence-electron chi connectivity index (χ1n) is 8.96. The van der Waals surface area contributed by atoms with Crippen LogP contribution in [0.3, 0.4) is 0 Å². The van der Waals surface area contributed by atoms with Gasteiger partial charge in [-0.3, -0.25) is 9.58 Å². The molecule has 3 aromatic rings. The van der Waals surface area contributed by atoms with E-state index < -0.39 is 0 Å². The first kappa shape index (κ1) is 19.7. The Morgan fingerprint density at radius 2 is 1.85 bits per heavy atom. The Morgan fingerprint density at radius 1 is 1.07 bits per heavy atom. The number of hydrogen-bond donors (Lipinski definition) is 1. The molecule has 0 amide bonds. The molecule has 0 saturated carbocycles. The summed E-state index contributed by atoms with van der Waals surface area (Å²) in [6, 6.07) is 14.8. The normalized spacial score (nSPS) is 12.6. The van der Waals surface area contributed by atoms with Gasteiger partial charge in [0.25, 0.3) is 0 Å². The van der Waals surface area contributed by atoms with Gasteiger partial charge in [-0.25, -0.2) is 0 Å². The van der Waals surface area contributed by atoms with Crippen molar-refractivity contribution in [2.75, 3.05) is 11.9 Å². The second-order valence-corrected chi connectivity index (χ2v) is 7.36. The van der Waals surface area contributed by atoms with Crippen LogP contribution < -0.4 is 5.32 Å². The minimum Gasteiger partial charge on any atom is -0.384 e. The van der Waals surface area contributed by atoms with E-state index in [1.54, 1.807) is 0 Å². The number of fused-ring (bicyclic) bond motifs is 1. The van der Waals surface area contributed by atoms with Gasteiger partial charge in [0, 0.05) is 55.7 Å². The van der Waals surface area contributed by atoms with Crippen molar-refractivity contribution in [1.82, 2.24) is 14.7 Å². The molecule has 0 saturated heterocycles. The average molecular weight is 403 g/mol. The highest BCUT2D eigenvalue weighted by molar-refractivity contribution is 6.30. The van der Waals surface area contributed by atoms with E-state index in [0.29, 0.717) is 0 Å². The molecule has 2 heterocycles. The summed E-state index contributed by atoms with van der Waals surface area (Å²) in [4.78, 5) is 2.45. The summed E-state index contributed by atoms with van der Waals surface area (Å²) in [5, 5.41) is 8.64. The van der Waals surface area contributed by atoms with Crippen LogP contribution in [0.4, 0.5) is 5.69 Å². The highest BCUT2D eigenvalue weighted by atomic mass is 35.5. The lowest BCUT2D eigenvalue weighted by molar-refractivity contribution is 0.248. The molecule has 0 aliphatic carbocycles. The number of aromatic nitrogens is 2. The van der Waals surface area contributed by atoms with Crippen molar-refractivity contribution < 1.29 is 0 Å². The first-order chi connectivity index (χ1) is 12.7. The maximum absolute atomic E-state index is 6.04. The van der Waals surface area contributed by atoms with Crippen molar-refractivity contribution in [3.8, 4) is 0 Å². The van der Waals surface area contributed by atoms with Gasteiger partial charge in [0.2, 0.25) is 0 Å². The smallest absolute Gasteiger partial charge is 0.0534 e. The summed E-state index contributed by atoms with van der Waals surface area (Å²) in [6.07, 6.45) is 5.15. The van der Waals surface area contributed by atoms with Gasteiger partial charge in [0.1, 0.15) is 0 Å². The lowest BCUT2D eigenvalue weighted by Gasteiger charge is -2.23. The molecule has 4 nitrogen and oxygen atoms in total. The number of halogens is 2. The van der Waals surface area contributed by atoms with Crippen LogP contribution in [0, 0.1) is 0 Å². The number of benzene rings is 2. The fourth-order valence-corrected chi connectivity index (χ4v) is 3.74. The van der Waals surface area contributed by atoms with E-state index in [4.69, 9.17) is 11.6 Å². The van der Waals surface area contributed by atoms with Crippen LogP contribution in [-0.4, -0.2) is 21.2 Å². The van der Waals surface area contributed by atoms with Crippen LogP contribution >= 0.6 is 24.0 Å². The Bertz CT molecular complexity index is 889. The van der Waals surface area contributed by atoms with Crippen molar-refractivity contribution in [2.24, 2.45) is 7.05 Å². The fraction of sp³-hybridized carbons (Fsp3) is 0.286. The number of aryl methyl sites for hydroxylation is 1. The maximum Gasteiger partial charge on any atom is 0.0534 e. The summed E-state index contributed by atoms with van der Waals surface area (Å²) in [5.41, 5.74) is 6.59. The van der Waals surface area contributed by atoms with E-state index in [1.807, 2.05) is 30.1 Å². The van der Waals surface area contributed by atoms with Crippen LogP contribution in [0.2, 0.25) is 5.02 Å². The first-order valence-corrected chi connectivity index (χ1v) is 9.34. The van der Waals surface area contributed by atoms with Gasteiger partial charge >= 0.3 is 0 Å². The van der Waals surface area contributed by atoms with Crippen LogP contribution in [-0.2, 0) is 33.1 Å². The Morgan fingerprint density at radius 3 is 2.59 bits per heavy atom. The van der Waals surface area contributed by atoms with Crippen molar-refractivity contribution in [1.29, 1.82) is 0 Å². The molecule has 4 rings (SSSR count). The number of anilines is 1. The van der Waals surface area contributed by atoms with Crippen molar-refractivity contribution in [2.45, 2.75) is 26.1 Å². The Labute approximate surface area is 171 Å². The number of para-hydroxylation sites is 1. The molecular weight excluding hydrogens is 379 g/mol. The standard InChI is InChI=1S/C21H23ClN4.ClH/c1-25-12-17(11-24-25)14-26(13-16-5-7-20(22)8-6-16)15-19-4-2-3-18-9-10-23-21(18)19;/h2-8,11-12,23H,9-10,13-15H2,1H3;1H. The molecule has 1 N–H and O–H groups in total. The van der Waals surface area contributed by atoms with Crippen molar-refractivity contribution in [3.63, 3.8) is 0 Å². The highest BCUT2D eigenvalue weighted by Crippen LogP contribution is 2.28. The second-order valence-electron chi connectivity index (χ2n) is 6.92. The van der Waals surface area contributed by atoms with Gasteiger partial charge in [-0.1, -0.05) is 41.9 Å². The van der Waals surface area contributed by atoms with E-state index in [2.05, 4.69) is 51.8 Å². The van der Waals surface area contributed by atoms with Gasteiger partial charge in [-0.15, -0.1) is 12.4 Å². The largest absolute Gasteiger partial charge is 0.384 e. The Kier molecular flexibility index (Phi) is 6.42. The molecule has 6 heteroatoms. The summed E-state index contributed by atoms with van der Waals surface area (Å²) in [5.74, 6) is 0. The molecule has 2 aromatic carbocycles. The zero-order valence-electron chi connectivity index (χ0n) is 15.4. The summed E-state index contributed by atoms with van der Waals surface area (Å²) in [7, 11) is 1.96. The monoisotopic (exact) mass is 402 g/mol. The van der Waals surface area contributed by atoms with Crippen LogP contribution in [0.1, 0.15) is 22.3 Å². The molecule has 0 radical (unpaired) electrons. The average Bonchev–Trinajstić information content (AvgIpc) is 3.26. The minimum absolute atomic E-state index is 0. The fourth-order valence-electron chi connectivity index (χ4n) is 3.61. The van der Waals surface area contributed by atoms with E-state index in [0.717, 1.165) is 37.6 Å². The molecule has 1 aromatic heterocycles. The topological polar surface area (TPSA) is 33.1 Å². The number of nitrogens with zero attached hydrogens (tertiary/aromatic N) is 3. The minimum atomic E-state index is 0. The van der Waals surface area contributed by atoms with E-state index in [1.165, 1.54) is 27.9 Å². The zero-order valence-corrected chi connectivity index (χ0v) is 16.9. The Hall–Kier alpha value is -2.01. The molecule has 0 atom stereocenters. The van der Waals surface area contributed by atoms with Crippen molar-refractivity contribution in [3.05, 3.63) is 82.1 Å². The van der Waals surface area contributed by atoms with Gasteiger partial charge < -0.3 is 5.32 Å². The van der Waals surface area contributed by atoms with E-state index >= 15 is 0 Å². The van der Waals surface area contributed by atoms with Gasteiger partial charge in [-0.05, 0) is 35.2 Å². The van der Waals surface area contributed by atoms with Crippen LogP contribution in [0.25, 0.3) is 0 Å². The molecule has 0 bridgehead atoms. The van der Waals surface area contributed by atoms with Gasteiger partial charge in [0.05, 0.1) is 6.20 Å². The molecule has 1 aliphatic rings. The maximum atomic E-state index is 6.04. The molecule has 0 spiro atoms. The predicted molar refractivity (Wildman–Crippen MR) is 113 cm³/mol. The third kappa shape index (κ3) is 4.83. The van der Waals surface area contributed by atoms with Gasteiger partial charge in [-0.2, -0.15) is 5.10 Å². The van der Waals surface area contributed by atoms with Crippen LogP contribution in [0.5, 0.6) is 0 Å². The van der Waals surface area contributed by atoms with Crippen LogP contribution in [0.15, 0.2) is 54.9 Å². The second kappa shape index (κ2) is 8.79. The number of rotatable bonds is 6. The highest BCUT2D eigenvalue weighted by Gasteiger charge is 2.17. The third-order valence-electron chi connectivity index (χ3n) is 4.81.